The lowest BCUT2D eigenvalue weighted by Crippen LogP contribution is -2.54. The molecule has 1 fully saturated rings. The van der Waals surface area contributed by atoms with Crippen molar-refractivity contribution in [2.45, 2.75) is 51.7 Å². The fourth-order valence-corrected chi connectivity index (χ4v) is 4.42. The zero-order valence-electron chi connectivity index (χ0n) is 11.7. The van der Waals surface area contributed by atoms with Gasteiger partial charge in [0.15, 0.2) is 0 Å². The maximum atomic E-state index is 12.5. The van der Waals surface area contributed by atoms with Crippen molar-refractivity contribution in [1.29, 1.82) is 0 Å². The highest BCUT2D eigenvalue weighted by molar-refractivity contribution is 7.89. The van der Waals surface area contributed by atoms with Crippen molar-refractivity contribution < 1.29 is 13.2 Å². The molecule has 0 aliphatic carbocycles. The third-order valence-electron chi connectivity index (χ3n) is 3.36. The average Bonchev–Trinajstić information content (AvgIpc) is 2.77. The smallest absolute Gasteiger partial charge is 0.217 e. The summed E-state index contributed by atoms with van der Waals surface area (Å²) in [7, 11) is -3.31. The molecule has 6 heteroatoms. The molecule has 0 saturated carbocycles. The lowest BCUT2D eigenvalue weighted by atomic mass is 10.1. The predicted molar refractivity (Wildman–Crippen MR) is 72.9 cm³/mol. The van der Waals surface area contributed by atoms with Gasteiger partial charge >= 0.3 is 0 Å². The van der Waals surface area contributed by atoms with E-state index >= 15 is 0 Å². The molecule has 18 heavy (non-hydrogen) atoms. The van der Waals surface area contributed by atoms with E-state index < -0.39 is 15.6 Å². The van der Waals surface area contributed by atoms with Gasteiger partial charge in [0, 0.05) is 25.2 Å². The molecule has 108 valence electrons. The molecule has 1 rings (SSSR count). The van der Waals surface area contributed by atoms with Gasteiger partial charge in [0.2, 0.25) is 10.0 Å². The van der Waals surface area contributed by atoms with E-state index in [-0.39, 0.29) is 11.9 Å². The zero-order chi connectivity index (χ0) is 13.8. The van der Waals surface area contributed by atoms with E-state index in [2.05, 4.69) is 0 Å². The standard InChI is InChI=1S/C12H26N2O3S/c1-4-7-14(12(2,3)10-13)18(15,16)9-11-6-5-8-17-11/h11H,4-10,13H2,1-3H3. The number of rotatable bonds is 7. The maximum absolute atomic E-state index is 12.5. The summed E-state index contributed by atoms with van der Waals surface area (Å²) in [5.74, 6) is 0.0798. The molecule has 0 spiro atoms. The van der Waals surface area contributed by atoms with Gasteiger partial charge in [0.1, 0.15) is 0 Å². The highest BCUT2D eigenvalue weighted by atomic mass is 32.2. The molecule has 0 aromatic carbocycles. The number of hydrogen-bond donors (Lipinski definition) is 1. The maximum Gasteiger partial charge on any atom is 0.217 e. The number of ether oxygens (including phenoxy) is 1. The topological polar surface area (TPSA) is 72.6 Å². The number of nitrogens with two attached hydrogens (primary N) is 1. The summed E-state index contributed by atoms with van der Waals surface area (Å²) in [5.41, 5.74) is 5.17. The van der Waals surface area contributed by atoms with Gasteiger partial charge in [-0.2, -0.15) is 4.31 Å². The molecule has 0 amide bonds. The first kappa shape index (κ1) is 15.9. The van der Waals surface area contributed by atoms with Gasteiger partial charge in [-0.15, -0.1) is 0 Å². The van der Waals surface area contributed by atoms with Crippen LogP contribution in [0.5, 0.6) is 0 Å². The van der Waals surface area contributed by atoms with Gasteiger partial charge < -0.3 is 10.5 Å². The second kappa shape index (κ2) is 6.32. The quantitative estimate of drug-likeness (QED) is 0.752. The fraction of sp³-hybridized carbons (Fsp3) is 1.00. The number of hydrogen-bond acceptors (Lipinski definition) is 4. The summed E-state index contributed by atoms with van der Waals surface area (Å²) in [6.45, 7) is 7.22. The van der Waals surface area contributed by atoms with Crippen molar-refractivity contribution >= 4 is 10.0 Å². The first-order valence-corrected chi connectivity index (χ1v) is 8.26. The summed E-state index contributed by atoms with van der Waals surface area (Å²) < 4.78 is 31.9. The van der Waals surface area contributed by atoms with Gasteiger partial charge in [0.25, 0.3) is 0 Å². The largest absolute Gasteiger partial charge is 0.377 e. The monoisotopic (exact) mass is 278 g/mol. The lowest BCUT2D eigenvalue weighted by Gasteiger charge is -2.37. The van der Waals surface area contributed by atoms with E-state index in [0.29, 0.717) is 19.7 Å². The predicted octanol–water partition coefficient (Wildman–Crippen LogP) is 0.945. The molecule has 2 N–H and O–H groups in total. The molecule has 1 heterocycles. The van der Waals surface area contributed by atoms with Crippen LogP contribution in [0.15, 0.2) is 0 Å². The molecular formula is C12H26N2O3S. The average molecular weight is 278 g/mol. The normalized spacial score (nSPS) is 21.7. The summed E-state index contributed by atoms with van der Waals surface area (Å²) >= 11 is 0. The molecule has 1 aliphatic heterocycles. The van der Waals surface area contributed by atoms with E-state index in [1.165, 1.54) is 0 Å². The first-order chi connectivity index (χ1) is 8.33. The molecule has 1 unspecified atom stereocenters. The molecule has 5 nitrogen and oxygen atoms in total. The van der Waals surface area contributed by atoms with Crippen LogP contribution in [0.3, 0.4) is 0 Å². The second-order valence-corrected chi connectivity index (χ2v) is 7.44. The van der Waals surface area contributed by atoms with Gasteiger partial charge in [-0.3, -0.25) is 0 Å². The van der Waals surface area contributed by atoms with Crippen LogP contribution in [0.25, 0.3) is 0 Å². The van der Waals surface area contributed by atoms with Crippen molar-refractivity contribution in [3.8, 4) is 0 Å². The van der Waals surface area contributed by atoms with Crippen LogP contribution < -0.4 is 5.73 Å². The Morgan fingerprint density at radius 3 is 2.56 bits per heavy atom. The van der Waals surface area contributed by atoms with Crippen molar-refractivity contribution in [3.05, 3.63) is 0 Å². The highest BCUT2D eigenvalue weighted by Gasteiger charge is 2.36. The minimum absolute atomic E-state index is 0.0798. The molecule has 0 radical (unpaired) electrons. The van der Waals surface area contributed by atoms with Crippen molar-refractivity contribution in [3.63, 3.8) is 0 Å². The zero-order valence-corrected chi connectivity index (χ0v) is 12.5. The van der Waals surface area contributed by atoms with Gasteiger partial charge in [-0.05, 0) is 33.1 Å². The Morgan fingerprint density at radius 2 is 2.11 bits per heavy atom. The van der Waals surface area contributed by atoms with Crippen LogP contribution in [-0.2, 0) is 14.8 Å². The Labute approximate surface area is 111 Å². The summed E-state index contributed by atoms with van der Waals surface area (Å²) in [4.78, 5) is 0. The second-order valence-electron chi connectivity index (χ2n) is 5.50. The van der Waals surface area contributed by atoms with E-state index in [9.17, 15) is 8.42 Å². The minimum atomic E-state index is -3.31. The first-order valence-electron chi connectivity index (χ1n) is 6.65. The Morgan fingerprint density at radius 1 is 1.44 bits per heavy atom. The summed E-state index contributed by atoms with van der Waals surface area (Å²) in [5, 5.41) is 0. The Hall–Kier alpha value is -0.170. The summed E-state index contributed by atoms with van der Waals surface area (Å²) in [6, 6.07) is 0. The number of sulfonamides is 1. The van der Waals surface area contributed by atoms with Crippen LogP contribution in [0.1, 0.15) is 40.0 Å². The van der Waals surface area contributed by atoms with Crippen molar-refractivity contribution in [1.82, 2.24) is 4.31 Å². The molecule has 0 aromatic heterocycles. The van der Waals surface area contributed by atoms with Crippen LogP contribution in [0.4, 0.5) is 0 Å². The molecule has 1 aliphatic rings. The van der Waals surface area contributed by atoms with Crippen LogP contribution >= 0.6 is 0 Å². The Kier molecular flexibility index (Phi) is 5.58. The van der Waals surface area contributed by atoms with Gasteiger partial charge in [-0.25, -0.2) is 8.42 Å². The SMILES string of the molecule is CCCN(C(C)(C)CN)S(=O)(=O)CC1CCCO1. The van der Waals surface area contributed by atoms with E-state index in [0.717, 1.165) is 19.3 Å². The third kappa shape index (κ3) is 3.91. The van der Waals surface area contributed by atoms with Crippen LogP contribution in [0.2, 0.25) is 0 Å². The van der Waals surface area contributed by atoms with Crippen molar-refractivity contribution in [2.24, 2.45) is 5.73 Å². The molecular weight excluding hydrogens is 252 g/mol. The highest BCUT2D eigenvalue weighted by Crippen LogP contribution is 2.22. The third-order valence-corrected chi connectivity index (χ3v) is 5.50. The minimum Gasteiger partial charge on any atom is -0.377 e. The summed E-state index contributed by atoms with van der Waals surface area (Å²) in [6.07, 6.45) is 2.42. The van der Waals surface area contributed by atoms with Gasteiger partial charge in [0.05, 0.1) is 11.9 Å². The van der Waals surface area contributed by atoms with Crippen molar-refractivity contribution in [2.75, 3.05) is 25.4 Å². The lowest BCUT2D eigenvalue weighted by molar-refractivity contribution is 0.124. The van der Waals surface area contributed by atoms with Gasteiger partial charge in [-0.1, -0.05) is 6.92 Å². The molecule has 0 aromatic rings. The van der Waals surface area contributed by atoms with E-state index in [4.69, 9.17) is 10.5 Å². The molecule has 1 saturated heterocycles. The number of nitrogens with zero attached hydrogens (tertiary/aromatic N) is 1. The Balaban J connectivity index is 2.82. The Bertz CT molecular complexity index is 348. The van der Waals surface area contributed by atoms with Crippen LogP contribution in [-0.4, -0.2) is 49.8 Å². The van der Waals surface area contributed by atoms with Crippen LogP contribution in [0, 0.1) is 0 Å². The van der Waals surface area contributed by atoms with E-state index in [1.807, 2.05) is 20.8 Å². The molecule has 1 atom stereocenters. The fourth-order valence-electron chi connectivity index (χ4n) is 2.22. The van der Waals surface area contributed by atoms with E-state index in [1.54, 1.807) is 4.31 Å². The molecule has 0 bridgehead atoms.